The molecule has 0 aromatic rings. The van der Waals surface area contributed by atoms with Gasteiger partial charge in [0.05, 0.1) is 0 Å². The van der Waals surface area contributed by atoms with Crippen molar-refractivity contribution in [2.24, 2.45) is 17.3 Å². The minimum atomic E-state index is 0.635. The molecule has 1 saturated carbocycles. The Hall–Kier alpha value is -0.0400. The Balaban J connectivity index is 1.78. The van der Waals surface area contributed by atoms with Gasteiger partial charge in [-0.15, -0.1) is 0 Å². The van der Waals surface area contributed by atoms with E-state index in [1.165, 1.54) is 58.0 Å². The molecule has 1 aliphatic carbocycles. The second-order valence-electron chi connectivity index (χ2n) is 6.56. The van der Waals surface area contributed by atoms with Crippen molar-refractivity contribution in [1.29, 1.82) is 0 Å². The zero-order valence-corrected chi connectivity index (χ0v) is 10.5. The average molecular weight is 209 g/mol. The highest BCUT2D eigenvalue weighted by atomic mass is 14.9. The second-order valence-corrected chi connectivity index (χ2v) is 6.56. The molecular weight excluding hydrogens is 182 g/mol. The van der Waals surface area contributed by atoms with Gasteiger partial charge < -0.3 is 5.32 Å². The molecule has 0 aromatic carbocycles. The third-order valence-electron chi connectivity index (χ3n) is 4.43. The van der Waals surface area contributed by atoms with Crippen LogP contribution in [0.3, 0.4) is 0 Å². The minimum Gasteiger partial charge on any atom is -0.317 e. The maximum absolute atomic E-state index is 3.47. The van der Waals surface area contributed by atoms with Gasteiger partial charge in [-0.2, -0.15) is 0 Å². The largest absolute Gasteiger partial charge is 0.317 e. The molecule has 1 heterocycles. The zero-order chi connectivity index (χ0) is 10.7. The van der Waals surface area contributed by atoms with Crippen LogP contribution in [-0.2, 0) is 0 Å². The fraction of sp³-hybridized carbons (Fsp3) is 1.00. The summed E-state index contributed by atoms with van der Waals surface area (Å²) in [4.78, 5) is 0. The number of hydrogen-bond acceptors (Lipinski definition) is 1. The number of nitrogens with one attached hydrogen (secondary N) is 1. The zero-order valence-electron chi connectivity index (χ0n) is 10.5. The lowest BCUT2D eigenvalue weighted by Gasteiger charge is -2.37. The molecule has 0 radical (unpaired) electrons. The lowest BCUT2D eigenvalue weighted by Crippen LogP contribution is -2.30. The van der Waals surface area contributed by atoms with Crippen molar-refractivity contribution < 1.29 is 0 Å². The van der Waals surface area contributed by atoms with Crippen LogP contribution in [0.4, 0.5) is 0 Å². The van der Waals surface area contributed by atoms with E-state index in [-0.39, 0.29) is 0 Å². The summed E-state index contributed by atoms with van der Waals surface area (Å²) in [6, 6.07) is 0. The summed E-state index contributed by atoms with van der Waals surface area (Å²) in [6.07, 6.45) is 10.3. The molecule has 1 nitrogen and oxygen atoms in total. The van der Waals surface area contributed by atoms with Crippen LogP contribution in [0.1, 0.15) is 58.8 Å². The Bertz CT molecular complexity index is 192. The Morgan fingerprint density at radius 1 is 1.07 bits per heavy atom. The van der Waals surface area contributed by atoms with Crippen molar-refractivity contribution in [3.8, 4) is 0 Å². The highest BCUT2D eigenvalue weighted by Gasteiger charge is 2.29. The Morgan fingerprint density at radius 3 is 2.47 bits per heavy atom. The van der Waals surface area contributed by atoms with Crippen molar-refractivity contribution in [3.05, 3.63) is 0 Å². The van der Waals surface area contributed by atoms with E-state index in [9.17, 15) is 0 Å². The van der Waals surface area contributed by atoms with Crippen molar-refractivity contribution in [2.45, 2.75) is 58.8 Å². The predicted molar refractivity (Wildman–Crippen MR) is 65.9 cm³/mol. The standard InChI is InChI=1S/C14H27N/c1-14(2)7-3-4-13(11-14)10-12-5-8-15-9-6-12/h12-13,15H,3-11H2,1-2H3. The summed E-state index contributed by atoms with van der Waals surface area (Å²) in [7, 11) is 0. The third kappa shape index (κ3) is 3.48. The van der Waals surface area contributed by atoms with Crippen LogP contribution in [0, 0.1) is 17.3 Å². The predicted octanol–water partition coefficient (Wildman–Crippen LogP) is 3.59. The Morgan fingerprint density at radius 2 is 1.80 bits per heavy atom. The van der Waals surface area contributed by atoms with E-state index in [4.69, 9.17) is 0 Å². The average Bonchev–Trinajstić information content (AvgIpc) is 2.17. The highest BCUT2D eigenvalue weighted by Crippen LogP contribution is 2.41. The molecule has 1 N–H and O–H groups in total. The summed E-state index contributed by atoms with van der Waals surface area (Å²) in [6.45, 7) is 7.45. The molecule has 0 bridgehead atoms. The Labute approximate surface area is 95.0 Å². The van der Waals surface area contributed by atoms with Gasteiger partial charge in [-0.1, -0.05) is 26.7 Å². The van der Waals surface area contributed by atoms with Crippen LogP contribution < -0.4 is 5.32 Å². The molecule has 2 rings (SSSR count). The summed E-state index contributed by atoms with van der Waals surface area (Å²) in [5, 5.41) is 3.47. The molecule has 1 unspecified atom stereocenters. The van der Waals surface area contributed by atoms with Crippen LogP contribution in [0.15, 0.2) is 0 Å². The molecule has 1 aliphatic heterocycles. The number of piperidine rings is 1. The van der Waals surface area contributed by atoms with Gasteiger partial charge in [-0.25, -0.2) is 0 Å². The maximum atomic E-state index is 3.47. The van der Waals surface area contributed by atoms with Crippen molar-refractivity contribution in [2.75, 3.05) is 13.1 Å². The summed E-state index contributed by atoms with van der Waals surface area (Å²) >= 11 is 0. The van der Waals surface area contributed by atoms with E-state index in [0.29, 0.717) is 5.41 Å². The van der Waals surface area contributed by atoms with Gasteiger partial charge in [0, 0.05) is 0 Å². The molecule has 2 fully saturated rings. The van der Waals surface area contributed by atoms with Gasteiger partial charge in [0.1, 0.15) is 0 Å². The summed E-state index contributed by atoms with van der Waals surface area (Å²) in [5.41, 5.74) is 0.635. The fourth-order valence-electron chi connectivity index (χ4n) is 3.64. The smallest absolute Gasteiger partial charge is 0.00463 e. The van der Waals surface area contributed by atoms with Crippen LogP contribution in [0.5, 0.6) is 0 Å². The second kappa shape index (κ2) is 4.86. The first kappa shape index (κ1) is 11.4. The topological polar surface area (TPSA) is 12.0 Å². The first-order chi connectivity index (χ1) is 7.16. The van der Waals surface area contributed by atoms with E-state index in [0.717, 1.165) is 11.8 Å². The SMILES string of the molecule is CC1(C)CCCC(CC2CCNCC2)C1. The molecule has 0 aromatic heterocycles. The number of rotatable bonds is 2. The molecular formula is C14H27N. The van der Waals surface area contributed by atoms with Crippen molar-refractivity contribution >= 4 is 0 Å². The molecule has 1 atom stereocenters. The molecule has 0 spiro atoms. The summed E-state index contributed by atoms with van der Waals surface area (Å²) < 4.78 is 0. The van der Waals surface area contributed by atoms with E-state index in [2.05, 4.69) is 19.2 Å². The van der Waals surface area contributed by atoms with Crippen molar-refractivity contribution in [1.82, 2.24) is 5.32 Å². The number of hydrogen-bond donors (Lipinski definition) is 1. The summed E-state index contributed by atoms with van der Waals surface area (Å²) in [5.74, 6) is 2.07. The van der Waals surface area contributed by atoms with Crippen LogP contribution in [-0.4, -0.2) is 13.1 Å². The van der Waals surface area contributed by atoms with Crippen LogP contribution in [0.2, 0.25) is 0 Å². The van der Waals surface area contributed by atoms with Gasteiger partial charge in [0.25, 0.3) is 0 Å². The molecule has 2 aliphatic rings. The lowest BCUT2D eigenvalue weighted by molar-refractivity contribution is 0.150. The highest BCUT2D eigenvalue weighted by molar-refractivity contribution is 4.81. The van der Waals surface area contributed by atoms with Gasteiger partial charge in [-0.05, 0) is 62.4 Å². The molecule has 0 amide bonds. The molecule has 15 heavy (non-hydrogen) atoms. The Kier molecular flexibility index (Phi) is 3.71. The molecule has 1 saturated heterocycles. The van der Waals surface area contributed by atoms with E-state index in [1.807, 2.05) is 0 Å². The normalized spacial score (nSPS) is 32.8. The van der Waals surface area contributed by atoms with E-state index in [1.54, 1.807) is 0 Å². The van der Waals surface area contributed by atoms with Crippen molar-refractivity contribution in [3.63, 3.8) is 0 Å². The lowest BCUT2D eigenvalue weighted by atomic mass is 9.69. The fourth-order valence-corrected chi connectivity index (χ4v) is 3.64. The first-order valence-corrected chi connectivity index (χ1v) is 6.86. The van der Waals surface area contributed by atoms with Crippen LogP contribution >= 0.6 is 0 Å². The molecule has 88 valence electrons. The first-order valence-electron chi connectivity index (χ1n) is 6.86. The quantitative estimate of drug-likeness (QED) is 0.733. The van der Waals surface area contributed by atoms with Gasteiger partial charge in [-0.3, -0.25) is 0 Å². The van der Waals surface area contributed by atoms with E-state index >= 15 is 0 Å². The monoisotopic (exact) mass is 209 g/mol. The van der Waals surface area contributed by atoms with Gasteiger partial charge in [0.2, 0.25) is 0 Å². The van der Waals surface area contributed by atoms with Crippen LogP contribution in [0.25, 0.3) is 0 Å². The van der Waals surface area contributed by atoms with E-state index < -0.39 is 0 Å². The van der Waals surface area contributed by atoms with Gasteiger partial charge in [0.15, 0.2) is 0 Å². The molecule has 1 heteroatoms. The van der Waals surface area contributed by atoms with Gasteiger partial charge >= 0.3 is 0 Å². The maximum Gasteiger partial charge on any atom is -0.00463 e. The third-order valence-corrected chi connectivity index (χ3v) is 4.43. The minimum absolute atomic E-state index is 0.635.